The highest BCUT2D eigenvalue weighted by Gasteiger charge is 2.21. The summed E-state index contributed by atoms with van der Waals surface area (Å²) < 4.78 is 0.252. The maximum absolute atomic E-state index is 11.9. The number of carboxylic acid groups (broad SMARTS) is 1. The van der Waals surface area contributed by atoms with Crippen molar-refractivity contribution >= 4 is 33.5 Å². The van der Waals surface area contributed by atoms with Crippen LogP contribution in [0.1, 0.15) is 30.1 Å². The molecule has 1 aromatic rings. The number of nitrogens with one attached hydrogen (secondary N) is 1. The normalized spacial score (nSPS) is 11.7. The summed E-state index contributed by atoms with van der Waals surface area (Å²) in [6.45, 7) is 1.80. The van der Waals surface area contributed by atoms with Crippen molar-refractivity contribution in [1.29, 1.82) is 0 Å². The molecule has 0 spiro atoms. The van der Waals surface area contributed by atoms with Gasteiger partial charge in [0.1, 0.15) is 6.04 Å². The summed E-state index contributed by atoms with van der Waals surface area (Å²) in [7, 11) is 0. The Morgan fingerprint density at radius 1 is 1.50 bits per heavy atom. The van der Waals surface area contributed by atoms with Gasteiger partial charge in [0.05, 0.1) is 9.40 Å². The zero-order chi connectivity index (χ0) is 15.3. The largest absolute Gasteiger partial charge is 0.480 e. The lowest BCUT2D eigenvalue weighted by molar-refractivity contribution is -0.385. The van der Waals surface area contributed by atoms with Gasteiger partial charge in [0.15, 0.2) is 0 Å². The molecule has 8 heteroatoms. The molecular formula is C12H13BrN2O5. The zero-order valence-corrected chi connectivity index (χ0v) is 12.2. The summed E-state index contributed by atoms with van der Waals surface area (Å²) >= 11 is 3.01. The van der Waals surface area contributed by atoms with Crippen LogP contribution in [0, 0.1) is 10.1 Å². The summed E-state index contributed by atoms with van der Waals surface area (Å²) in [5, 5.41) is 22.1. The second kappa shape index (κ2) is 6.99. The van der Waals surface area contributed by atoms with E-state index in [9.17, 15) is 19.7 Å². The third kappa shape index (κ3) is 4.02. The highest BCUT2D eigenvalue weighted by Crippen LogP contribution is 2.25. The van der Waals surface area contributed by atoms with Crippen molar-refractivity contribution in [3.05, 3.63) is 38.3 Å². The van der Waals surface area contributed by atoms with E-state index in [0.29, 0.717) is 12.8 Å². The van der Waals surface area contributed by atoms with E-state index < -0.39 is 22.8 Å². The predicted octanol–water partition coefficient (Wildman–Crippen LogP) is 2.34. The van der Waals surface area contributed by atoms with E-state index >= 15 is 0 Å². The lowest BCUT2D eigenvalue weighted by atomic mass is 10.1. The van der Waals surface area contributed by atoms with E-state index in [-0.39, 0.29) is 15.7 Å². The van der Waals surface area contributed by atoms with Crippen LogP contribution >= 0.6 is 15.9 Å². The fourth-order valence-corrected chi connectivity index (χ4v) is 1.97. The maximum atomic E-state index is 11.9. The molecule has 1 rings (SSSR count). The molecule has 2 N–H and O–H groups in total. The van der Waals surface area contributed by atoms with Gasteiger partial charge in [0, 0.05) is 11.6 Å². The summed E-state index contributed by atoms with van der Waals surface area (Å²) in [6, 6.07) is 2.86. The number of nitro groups is 1. The van der Waals surface area contributed by atoms with Crippen LogP contribution in [0.2, 0.25) is 0 Å². The Kier molecular flexibility index (Phi) is 5.63. The van der Waals surface area contributed by atoms with Gasteiger partial charge >= 0.3 is 5.97 Å². The smallest absolute Gasteiger partial charge is 0.326 e. The van der Waals surface area contributed by atoms with Gasteiger partial charge in [0.25, 0.3) is 11.6 Å². The highest BCUT2D eigenvalue weighted by molar-refractivity contribution is 9.10. The average Bonchev–Trinajstić information content (AvgIpc) is 2.38. The molecule has 0 saturated heterocycles. The third-order valence-corrected chi connectivity index (χ3v) is 3.26. The van der Waals surface area contributed by atoms with Crippen molar-refractivity contribution in [2.45, 2.75) is 25.8 Å². The van der Waals surface area contributed by atoms with Crippen LogP contribution in [0.25, 0.3) is 0 Å². The highest BCUT2D eigenvalue weighted by atomic mass is 79.9. The van der Waals surface area contributed by atoms with Gasteiger partial charge in [-0.25, -0.2) is 4.79 Å². The van der Waals surface area contributed by atoms with Crippen LogP contribution in [0.5, 0.6) is 0 Å². The quantitative estimate of drug-likeness (QED) is 0.607. The third-order valence-electron chi connectivity index (χ3n) is 2.59. The maximum Gasteiger partial charge on any atom is 0.326 e. The van der Waals surface area contributed by atoms with Crippen LogP contribution < -0.4 is 5.32 Å². The molecule has 0 aliphatic carbocycles. The van der Waals surface area contributed by atoms with Crippen molar-refractivity contribution < 1.29 is 19.6 Å². The molecule has 0 fully saturated rings. The molecule has 108 valence electrons. The molecule has 0 heterocycles. The minimum absolute atomic E-state index is 0.0438. The number of carbonyl (C=O) groups is 2. The number of hydrogen-bond acceptors (Lipinski definition) is 4. The first-order valence-electron chi connectivity index (χ1n) is 5.84. The number of carbonyl (C=O) groups excluding carboxylic acids is 1. The van der Waals surface area contributed by atoms with Crippen molar-refractivity contribution in [1.82, 2.24) is 5.32 Å². The SMILES string of the molecule is CCC[C@@H](NC(=O)c1ccc(Br)c([N+](=O)[O-])c1)C(=O)O. The first-order valence-corrected chi connectivity index (χ1v) is 6.63. The fourth-order valence-electron chi connectivity index (χ4n) is 1.58. The Hall–Kier alpha value is -1.96. The van der Waals surface area contributed by atoms with Gasteiger partial charge in [-0.05, 0) is 34.5 Å². The van der Waals surface area contributed by atoms with Crippen molar-refractivity contribution in [3.8, 4) is 0 Å². The van der Waals surface area contributed by atoms with Gasteiger partial charge in [-0.1, -0.05) is 13.3 Å². The van der Waals surface area contributed by atoms with Crippen LogP contribution in [0.3, 0.4) is 0 Å². The number of halogens is 1. The van der Waals surface area contributed by atoms with Crippen LogP contribution in [-0.2, 0) is 4.79 Å². The van der Waals surface area contributed by atoms with Crippen LogP contribution in [-0.4, -0.2) is 27.9 Å². The number of nitrogens with zero attached hydrogens (tertiary/aromatic N) is 1. The summed E-state index contributed by atoms with van der Waals surface area (Å²) in [5.41, 5.74) is -0.206. The second-order valence-electron chi connectivity index (χ2n) is 4.08. The topological polar surface area (TPSA) is 110 Å². The van der Waals surface area contributed by atoms with Gasteiger partial charge in [-0.15, -0.1) is 0 Å². The fraction of sp³-hybridized carbons (Fsp3) is 0.333. The summed E-state index contributed by atoms with van der Waals surface area (Å²) in [4.78, 5) is 33.0. The van der Waals surface area contributed by atoms with Gasteiger partial charge in [-0.2, -0.15) is 0 Å². The second-order valence-corrected chi connectivity index (χ2v) is 4.93. The molecule has 0 radical (unpaired) electrons. The standard InChI is InChI=1S/C12H13BrN2O5/c1-2-3-9(12(17)18)14-11(16)7-4-5-8(13)10(6-7)15(19)20/h4-6,9H,2-3H2,1H3,(H,14,16)(H,17,18)/t9-/m1/s1. The Morgan fingerprint density at radius 3 is 2.65 bits per heavy atom. The molecule has 7 nitrogen and oxygen atoms in total. The monoisotopic (exact) mass is 344 g/mol. The number of aliphatic carboxylic acids is 1. The van der Waals surface area contributed by atoms with E-state index in [1.54, 1.807) is 6.92 Å². The van der Waals surface area contributed by atoms with E-state index in [4.69, 9.17) is 5.11 Å². The number of hydrogen-bond donors (Lipinski definition) is 2. The molecule has 1 aromatic carbocycles. The van der Waals surface area contributed by atoms with Gasteiger partial charge in [-0.3, -0.25) is 14.9 Å². The lowest BCUT2D eigenvalue weighted by Gasteiger charge is -2.13. The molecule has 1 atom stereocenters. The molecule has 0 unspecified atom stereocenters. The van der Waals surface area contributed by atoms with Crippen molar-refractivity contribution in [2.75, 3.05) is 0 Å². The van der Waals surface area contributed by atoms with Gasteiger partial charge in [0.2, 0.25) is 0 Å². The minimum Gasteiger partial charge on any atom is -0.480 e. The van der Waals surface area contributed by atoms with Crippen molar-refractivity contribution in [2.24, 2.45) is 0 Å². The summed E-state index contributed by atoms with van der Waals surface area (Å²) in [5.74, 6) is -1.78. The van der Waals surface area contributed by atoms with E-state index in [2.05, 4.69) is 21.2 Å². The molecule has 0 saturated carbocycles. The van der Waals surface area contributed by atoms with E-state index in [1.807, 2.05) is 0 Å². The molecule has 1 amide bonds. The molecule has 0 bridgehead atoms. The minimum atomic E-state index is -1.13. The average molecular weight is 345 g/mol. The molecular weight excluding hydrogens is 332 g/mol. The number of nitro benzene ring substituents is 1. The number of amides is 1. The molecule has 0 aliphatic heterocycles. The molecule has 0 aliphatic rings. The van der Waals surface area contributed by atoms with E-state index in [1.165, 1.54) is 12.1 Å². The van der Waals surface area contributed by atoms with Crippen LogP contribution in [0.15, 0.2) is 22.7 Å². The Labute approximate surface area is 123 Å². The lowest BCUT2D eigenvalue weighted by Crippen LogP contribution is -2.40. The number of carboxylic acids is 1. The Bertz CT molecular complexity index is 547. The molecule has 0 aromatic heterocycles. The predicted molar refractivity (Wildman–Crippen MR) is 74.6 cm³/mol. The first kappa shape index (κ1) is 16.1. The van der Waals surface area contributed by atoms with Crippen molar-refractivity contribution in [3.63, 3.8) is 0 Å². The van der Waals surface area contributed by atoms with Gasteiger partial charge < -0.3 is 10.4 Å². The first-order chi connectivity index (χ1) is 9.36. The van der Waals surface area contributed by atoms with E-state index in [0.717, 1.165) is 6.07 Å². The number of benzene rings is 1. The Morgan fingerprint density at radius 2 is 2.15 bits per heavy atom. The Balaban J connectivity index is 2.95. The molecule has 20 heavy (non-hydrogen) atoms. The number of rotatable bonds is 6. The van der Waals surface area contributed by atoms with Crippen LogP contribution in [0.4, 0.5) is 5.69 Å². The summed E-state index contributed by atoms with van der Waals surface area (Å²) in [6.07, 6.45) is 0.886. The zero-order valence-electron chi connectivity index (χ0n) is 10.6.